The normalized spacial score (nSPS) is 15.1. The number of allylic oxidation sites excluding steroid dienone is 1. The number of rotatable bonds is 14. The number of ether oxygens (including phenoxy) is 1. The summed E-state index contributed by atoms with van der Waals surface area (Å²) < 4.78 is 36.9. The highest BCUT2D eigenvalue weighted by Gasteiger charge is 2.35. The van der Waals surface area contributed by atoms with E-state index in [1.54, 1.807) is 30.5 Å². The largest absolute Gasteiger partial charge is 0.487 e. The highest BCUT2D eigenvalue weighted by molar-refractivity contribution is 6.07. The second-order valence-corrected chi connectivity index (χ2v) is 12.1. The zero-order valence-corrected chi connectivity index (χ0v) is 27.2. The summed E-state index contributed by atoms with van der Waals surface area (Å²) in [5.41, 5.74) is 1.14. The van der Waals surface area contributed by atoms with Crippen LogP contribution < -0.4 is 9.64 Å². The number of halogens is 2. The molecule has 0 amide bonds. The van der Waals surface area contributed by atoms with Crippen molar-refractivity contribution in [3.63, 3.8) is 0 Å². The van der Waals surface area contributed by atoms with E-state index in [9.17, 15) is 18.7 Å². The van der Waals surface area contributed by atoms with Crippen LogP contribution in [-0.4, -0.2) is 78.3 Å². The summed E-state index contributed by atoms with van der Waals surface area (Å²) in [6.45, 7) is 7.18. The lowest BCUT2D eigenvalue weighted by atomic mass is 9.93. The highest BCUT2D eigenvalue weighted by atomic mass is 19.1. The molecular formula is C36H38F2N8O3. The molecule has 1 fully saturated rings. The predicted molar refractivity (Wildman–Crippen MR) is 180 cm³/mol. The van der Waals surface area contributed by atoms with Crippen LogP contribution in [0.5, 0.6) is 5.75 Å². The van der Waals surface area contributed by atoms with Crippen LogP contribution in [0.3, 0.4) is 0 Å². The summed E-state index contributed by atoms with van der Waals surface area (Å²) in [6.07, 6.45) is 8.77. The fourth-order valence-corrected chi connectivity index (χ4v) is 5.90. The first-order chi connectivity index (χ1) is 23.8. The number of aliphatic hydroxyl groups is 1. The first kappa shape index (κ1) is 33.6. The average molecular weight is 669 g/mol. The molecule has 5 aromatic rings. The summed E-state index contributed by atoms with van der Waals surface area (Å²) in [6, 6.07) is 18.1. The molecule has 0 spiro atoms. The first-order valence-electron chi connectivity index (χ1n) is 16.2. The lowest BCUT2D eigenvalue weighted by molar-refractivity contribution is -0.00892. The molecule has 1 atom stereocenters. The van der Waals surface area contributed by atoms with Crippen LogP contribution in [0.4, 0.5) is 14.5 Å². The van der Waals surface area contributed by atoms with E-state index < -0.39 is 17.2 Å². The summed E-state index contributed by atoms with van der Waals surface area (Å²) >= 11 is 0. The van der Waals surface area contributed by atoms with Crippen LogP contribution in [0.1, 0.15) is 40.5 Å². The van der Waals surface area contributed by atoms with Gasteiger partial charge in [-0.15, -0.1) is 5.10 Å². The third-order valence-electron chi connectivity index (χ3n) is 8.46. The molecule has 6 rings (SSSR count). The van der Waals surface area contributed by atoms with Gasteiger partial charge >= 0.3 is 0 Å². The molecule has 3 heterocycles. The Morgan fingerprint density at radius 2 is 1.73 bits per heavy atom. The SMILES string of the molecule is CCCN1CCN(c2ccc(C(=O)/C=C/c3ccc(OCc4cn(CC(O)(Cn5cncn5)c5ccc(F)cc5F)nn4)cc3)cc2)CC1. The van der Waals surface area contributed by atoms with E-state index in [-0.39, 0.29) is 31.0 Å². The number of hydrogen-bond acceptors (Lipinski definition) is 9. The Balaban J connectivity index is 1.02. The molecule has 0 bridgehead atoms. The fraction of sp³-hybridized carbons (Fsp3) is 0.306. The summed E-state index contributed by atoms with van der Waals surface area (Å²) in [4.78, 5) is 21.5. The quantitative estimate of drug-likeness (QED) is 0.132. The molecule has 13 heteroatoms. The minimum absolute atomic E-state index is 0.0712. The zero-order chi connectivity index (χ0) is 34.2. The third-order valence-corrected chi connectivity index (χ3v) is 8.46. The molecule has 0 radical (unpaired) electrons. The van der Waals surface area contributed by atoms with E-state index in [0.717, 1.165) is 56.1 Å². The minimum Gasteiger partial charge on any atom is -0.487 e. The Morgan fingerprint density at radius 3 is 2.43 bits per heavy atom. The lowest BCUT2D eigenvalue weighted by Gasteiger charge is -2.36. The number of ketones is 1. The fourth-order valence-electron chi connectivity index (χ4n) is 5.90. The molecule has 0 aliphatic carbocycles. The van der Waals surface area contributed by atoms with Gasteiger partial charge in [-0.05, 0) is 67.1 Å². The summed E-state index contributed by atoms with van der Waals surface area (Å²) in [5, 5.41) is 23.7. The maximum atomic E-state index is 14.7. The number of carbonyl (C=O) groups is 1. The van der Waals surface area contributed by atoms with Gasteiger partial charge in [0.25, 0.3) is 0 Å². The number of hydrogen-bond donors (Lipinski definition) is 1. The lowest BCUT2D eigenvalue weighted by Crippen LogP contribution is -2.46. The van der Waals surface area contributed by atoms with Gasteiger partial charge in [-0.3, -0.25) is 9.69 Å². The maximum absolute atomic E-state index is 14.7. The number of nitrogens with zero attached hydrogens (tertiary/aromatic N) is 8. The van der Waals surface area contributed by atoms with Gasteiger partial charge in [0.1, 0.15) is 47.9 Å². The molecule has 1 unspecified atom stereocenters. The van der Waals surface area contributed by atoms with Gasteiger partial charge in [0.05, 0.1) is 19.3 Å². The van der Waals surface area contributed by atoms with Gasteiger partial charge in [-0.1, -0.05) is 36.4 Å². The molecule has 49 heavy (non-hydrogen) atoms. The number of carbonyl (C=O) groups excluding carboxylic acids is 1. The smallest absolute Gasteiger partial charge is 0.185 e. The molecular weight excluding hydrogens is 630 g/mol. The van der Waals surface area contributed by atoms with Gasteiger partial charge in [0.2, 0.25) is 0 Å². The summed E-state index contributed by atoms with van der Waals surface area (Å²) in [7, 11) is 0. The second-order valence-electron chi connectivity index (χ2n) is 12.1. The van der Waals surface area contributed by atoms with Crippen molar-refractivity contribution in [2.75, 3.05) is 37.6 Å². The van der Waals surface area contributed by atoms with Crippen molar-refractivity contribution in [1.29, 1.82) is 0 Å². The first-order valence-corrected chi connectivity index (χ1v) is 16.2. The standard InChI is InChI=1S/C36H38F2N8O3/c1-2-15-43-16-18-44(19-17-43)31-9-6-28(7-10-31)35(47)14-5-27-3-11-32(12-4-27)49-22-30-21-45(42-41-30)23-36(48,24-46-26-39-25-40-46)33-13-8-29(37)20-34(33)38/h3-14,20-21,25-26,48H,2,15-19,22-24H2,1H3/b14-5+. The van der Waals surface area contributed by atoms with Crippen molar-refractivity contribution in [3.05, 3.63) is 126 Å². The Bertz CT molecular complexity index is 1850. The van der Waals surface area contributed by atoms with Crippen LogP contribution >= 0.6 is 0 Å². The number of benzene rings is 3. The van der Waals surface area contributed by atoms with E-state index in [1.165, 1.54) is 34.5 Å². The van der Waals surface area contributed by atoms with Crippen molar-refractivity contribution >= 4 is 17.5 Å². The average Bonchev–Trinajstić information content (AvgIpc) is 3.79. The summed E-state index contributed by atoms with van der Waals surface area (Å²) in [5.74, 6) is -1.14. The van der Waals surface area contributed by atoms with E-state index in [2.05, 4.69) is 37.1 Å². The maximum Gasteiger partial charge on any atom is 0.185 e. The molecule has 0 saturated carbocycles. The Morgan fingerprint density at radius 1 is 0.980 bits per heavy atom. The van der Waals surface area contributed by atoms with Crippen LogP contribution in [0, 0.1) is 11.6 Å². The van der Waals surface area contributed by atoms with Gasteiger partial charge in [0, 0.05) is 49.1 Å². The van der Waals surface area contributed by atoms with Crippen LogP contribution in [0.25, 0.3) is 6.08 Å². The molecule has 1 N–H and O–H groups in total. The van der Waals surface area contributed by atoms with E-state index in [1.807, 2.05) is 36.4 Å². The molecule has 2 aromatic heterocycles. The number of piperazine rings is 1. The highest BCUT2D eigenvalue weighted by Crippen LogP contribution is 2.28. The zero-order valence-electron chi connectivity index (χ0n) is 27.2. The van der Waals surface area contributed by atoms with Crippen LogP contribution in [-0.2, 0) is 25.3 Å². The monoisotopic (exact) mass is 668 g/mol. The predicted octanol–water partition coefficient (Wildman–Crippen LogP) is 4.74. The Hall–Kier alpha value is -5.27. The van der Waals surface area contributed by atoms with E-state index >= 15 is 0 Å². The topological polar surface area (TPSA) is 114 Å². The Labute approximate surface area is 283 Å². The van der Waals surface area contributed by atoms with Gasteiger partial charge in [-0.25, -0.2) is 23.1 Å². The van der Waals surface area contributed by atoms with E-state index in [0.29, 0.717) is 17.0 Å². The molecule has 1 saturated heterocycles. The second kappa shape index (κ2) is 15.3. The van der Waals surface area contributed by atoms with Crippen molar-refractivity contribution in [2.45, 2.75) is 38.6 Å². The number of anilines is 1. The van der Waals surface area contributed by atoms with Gasteiger partial charge < -0.3 is 14.7 Å². The molecule has 1 aliphatic heterocycles. The van der Waals surface area contributed by atoms with Crippen molar-refractivity contribution in [2.24, 2.45) is 0 Å². The minimum atomic E-state index is -1.84. The van der Waals surface area contributed by atoms with Crippen molar-refractivity contribution < 1.29 is 23.4 Å². The molecule has 1 aliphatic rings. The van der Waals surface area contributed by atoms with Crippen molar-refractivity contribution in [1.82, 2.24) is 34.7 Å². The van der Waals surface area contributed by atoms with Gasteiger partial charge in [0.15, 0.2) is 5.78 Å². The molecule has 11 nitrogen and oxygen atoms in total. The van der Waals surface area contributed by atoms with Gasteiger partial charge in [-0.2, -0.15) is 5.10 Å². The molecule has 3 aromatic carbocycles. The Kier molecular flexibility index (Phi) is 10.5. The molecule has 254 valence electrons. The van der Waals surface area contributed by atoms with Crippen LogP contribution in [0.15, 0.2) is 91.7 Å². The number of aromatic nitrogens is 6. The third kappa shape index (κ3) is 8.61. The van der Waals surface area contributed by atoms with Crippen molar-refractivity contribution in [3.8, 4) is 5.75 Å². The van der Waals surface area contributed by atoms with Crippen LogP contribution in [0.2, 0.25) is 0 Å². The van der Waals surface area contributed by atoms with E-state index in [4.69, 9.17) is 4.74 Å².